The van der Waals surface area contributed by atoms with Crippen LogP contribution in [0.2, 0.25) is 0 Å². The van der Waals surface area contributed by atoms with E-state index in [9.17, 15) is 4.79 Å². The van der Waals surface area contributed by atoms with E-state index in [1.54, 1.807) is 0 Å². The molecule has 1 amide bonds. The second-order valence-corrected chi connectivity index (χ2v) is 4.37. The topological polar surface area (TPSA) is 49.8 Å². The molecule has 2 N–H and O–H groups in total. The number of aromatic amines is 1. The molecule has 1 aliphatic rings. The minimum absolute atomic E-state index is 0.125. The van der Waals surface area contributed by atoms with Crippen LogP contribution in [0.25, 0.3) is 0 Å². The molecule has 0 saturated heterocycles. The molecule has 2 rings (SSSR count). The molecule has 5 heteroatoms. The minimum Gasteiger partial charge on any atom is -0.353 e. The lowest BCUT2D eigenvalue weighted by Crippen LogP contribution is -2.26. The molecule has 1 saturated carbocycles. The van der Waals surface area contributed by atoms with Gasteiger partial charge < -0.3 is 14.9 Å². The van der Waals surface area contributed by atoms with Gasteiger partial charge in [-0.15, -0.1) is 0 Å². The van der Waals surface area contributed by atoms with Gasteiger partial charge in [0.2, 0.25) is 5.91 Å². The van der Waals surface area contributed by atoms with Gasteiger partial charge in [-0.2, -0.15) is 0 Å². The third-order valence-electron chi connectivity index (χ3n) is 2.58. The third-order valence-corrected chi connectivity index (χ3v) is 2.92. The molecule has 1 heterocycles. The Balaban J connectivity index is 1.86. The lowest BCUT2D eigenvalue weighted by atomic mass is 10.3. The molecule has 0 unspecified atom stereocenters. The molecule has 0 bridgehead atoms. The number of H-pyrrole nitrogens is 1. The van der Waals surface area contributed by atoms with Crippen LogP contribution in [0, 0.1) is 11.7 Å². The van der Waals surface area contributed by atoms with Gasteiger partial charge in [0, 0.05) is 30.9 Å². The summed E-state index contributed by atoms with van der Waals surface area (Å²) >= 11 is 5.10. The van der Waals surface area contributed by atoms with E-state index in [0.29, 0.717) is 23.8 Å². The molecule has 1 fully saturated rings. The van der Waals surface area contributed by atoms with Crippen LogP contribution in [0.1, 0.15) is 25.0 Å². The Bertz CT molecular complexity index is 417. The first kappa shape index (κ1) is 10.4. The fraction of sp³-hybridized carbons (Fsp3) is 0.600. The maximum atomic E-state index is 11.4. The summed E-state index contributed by atoms with van der Waals surface area (Å²) in [4.78, 5) is 14.4. The van der Waals surface area contributed by atoms with Crippen LogP contribution in [0.15, 0.2) is 6.20 Å². The monoisotopic (exact) mass is 225 g/mol. The first-order valence-electron chi connectivity index (χ1n) is 5.21. The fourth-order valence-electron chi connectivity index (χ4n) is 1.50. The van der Waals surface area contributed by atoms with Crippen LogP contribution in [-0.2, 0) is 11.3 Å². The number of nitrogens with zero attached hydrogens (tertiary/aromatic N) is 1. The molecule has 1 aromatic rings. The van der Waals surface area contributed by atoms with E-state index in [0.717, 1.165) is 18.5 Å². The van der Waals surface area contributed by atoms with E-state index < -0.39 is 0 Å². The molecule has 15 heavy (non-hydrogen) atoms. The predicted molar refractivity (Wildman–Crippen MR) is 60.1 cm³/mol. The number of amides is 1. The van der Waals surface area contributed by atoms with Crippen LogP contribution >= 0.6 is 12.2 Å². The Kier molecular flexibility index (Phi) is 2.90. The number of aryl methyl sites for hydroxylation is 1. The lowest BCUT2D eigenvalue weighted by molar-refractivity contribution is -0.121. The van der Waals surface area contributed by atoms with E-state index in [2.05, 4.69) is 10.3 Å². The molecule has 82 valence electrons. The summed E-state index contributed by atoms with van der Waals surface area (Å²) in [5.74, 6) is 0.125. The number of hydrogen-bond donors (Lipinski definition) is 2. The number of carbonyl (C=O) groups is 1. The standard InChI is InChI=1S/C10H15N3OS/c1-7-6-11-10(15)13(7)5-4-9(14)12-8-2-3-8/h6,8H,2-5H2,1H3,(H,11,15)(H,12,14). The molecule has 0 spiro atoms. The van der Waals surface area contributed by atoms with E-state index >= 15 is 0 Å². The molecule has 0 atom stereocenters. The maximum Gasteiger partial charge on any atom is 0.222 e. The van der Waals surface area contributed by atoms with Gasteiger partial charge in [-0.1, -0.05) is 0 Å². The van der Waals surface area contributed by atoms with Gasteiger partial charge in [-0.25, -0.2) is 0 Å². The SMILES string of the molecule is Cc1c[nH]c(=S)n1CCC(=O)NC1CC1. The van der Waals surface area contributed by atoms with Crippen molar-refractivity contribution in [3.63, 3.8) is 0 Å². The van der Waals surface area contributed by atoms with Crippen molar-refractivity contribution in [2.75, 3.05) is 0 Å². The Morgan fingerprint density at radius 1 is 1.73 bits per heavy atom. The van der Waals surface area contributed by atoms with Crippen LogP contribution in [0.4, 0.5) is 0 Å². The van der Waals surface area contributed by atoms with Crippen molar-refractivity contribution in [1.29, 1.82) is 0 Å². The van der Waals surface area contributed by atoms with Crippen molar-refractivity contribution in [3.8, 4) is 0 Å². The van der Waals surface area contributed by atoms with Crippen LogP contribution < -0.4 is 5.32 Å². The van der Waals surface area contributed by atoms with Crippen molar-refractivity contribution in [2.24, 2.45) is 0 Å². The van der Waals surface area contributed by atoms with Crippen molar-refractivity contribution in [2.45, 2.75) is 38.8 Å². The van der Waals surface area contributed by atoms with Gasteiger partial charge >= 0.3 is 0 Å². The van der Waals surface area contributed by atoms with Crippen LogP contribution in [0.3, 0.4) is 0 Å². The van der Waals surface area contributed by atoms with E-state index in [1.807, 2.05) is 17.7 Å². The van der Waals surface area contributed by atoms with Gasteiger partial charge in [-0.05, 0) is 32.0 Å². The molecular formula is C10H15N3OS. The fourth-order valence-corrected chi connectivity index (χ4v) is 1.80. The second-order valence-electron chi connectivity index (χ2n) is 3.98. The minimum atomic E-state index is 0.125. The van der Waals surface area contributed by atoms with Gasteiger partial charge in [-0.3, -0.25) is 4.79 Å². The predicted octanol–water partition coefficient (Wildman–Crippen LogP) is 1.52. The number of imidazole rings is 1. The summed E-state index contributed by atoms with van der Waals surface area (Å²) in [5, 5.41) is 2.96. The highest BCUT2D eigenvalue weighted by Crippen LogP contribution is 2.18. The normalized spacial score (nSPS) is 15.3. The van der Waals surface area contributed by atoms with Crippen LogP contribution in [-0.4, -0.2) is 21.5 Å². The summed E-state index contributed by atoms with van der Waals surface area (Å²) in [6.45, 7) is 2.64. The largest absolute Gasteiger partial charge is 0.353 e. The summed E-state index contributed by atoms with van der Waals surface area (Å²) in [7, 11) is 0. The smallest absolute Gasteiger partial charge is 0.222 e. The Morgan fingerprint density at radius 3 is 3.00 bits per heavy atom. The number of carbonyl (C=O) groups excluding carboxylic acids is 1. The summed E-state index contributed by atoms with van der Waals surface area (Å²) in [6.07, 6.45) is 4.63. The lowest BCUT2D eigenvalue weighted by Gasteiger charge is -2.05. The highest BCUT2D eigenvalue weighted by molar-refractivity contribution is 7.71. The zero-order valence-corrected chi connectivity index (χ0v) is 9.56. The number of aromatic nitrogens is 2. The summed E-state index contributed by atoms with van der Waals surface area (Å²) in [6, 6.07) is 0.442. The third kappa shape index (κ3) is 2.68. The number of rotatable bonds is 4. The van der Waals surface area contributed by atoms with Gasteiger partial charge in [0.15, 0.2) is 4.77 Å². The summed E-state index contributed by atoms with van der Waals surface area (Å²) in [5.41, 5.74) is 1.07. The Hall–Kier alpha value is -1.10. The Morgan fingerprint density at radius 2 is 2.47 bits per heavy atom. The first-order chi connectivity index (χ1) is 7.16. The Labute approximate surface area is 93.7 Å². The van der Waals surface area contributed by atoms with E-state index in [-0.39, 0.29) is 5.91 Å². The summed E-state index contributed by atoms with van der Waals surface area (Å²) < 4.78 is 2.63. The van der Waals surface area contributed by atoms with Gasteiger partial charge in [0.05, 0.1) is 0 Å². The van der Waals surface area contributed by atoms with E-state index in [4.69, 9.17) is 12.2 Å². The van der Waals surface area contributed by atoms with Crippen molar-refractivity contribution < 1.29 is 4.79 Å². The van der Waals surface area contributed by atoms with Crippen LogP contribution in [0.5, 0.6) is 0 Å². The van der Waals surface area contributed by atoms with Gasteiger partial charge in [0.1, 0.15) is 0 Å². The maximum absolute atomic E-state index is 11.4. The van der Waals surface area contributed by atoms with Crippen molar-refractivity contribution in [3.05, 3.63) is 16.7 Å². The molecule has 4 nitrogen and oxygen atoms in total. The molecule has 0 aromatic carbocycles. The van der Waals surface area contributed by atoms with Crippen molar-refractivity contribution in [1.82, 2.24) is 14.9 Å². The highest BCUT2D eigenvalue weighted by atomic mass is 32.1. The average Bonchev–Trinajstić information content (AvgIpc) is 2.93. The highest BCUT2D eigenvalue weighted by Gasteiger charge is 2.22. The molecule has 0 aliphatic heterocycles. The second kappa shape index (κ2) is 4.18. The zero-order chi connectivity index (χ0) is 10.8. The molecule has 1 aromatic heterocycles. The number of nitrogens with one attached hydrogen (secondary N) is 2. The quantitative estimate of drug-likeness (QED) is 0.763. The van der Waals surface area contributed by atoms with Crippen molar-refractivity contribution >= 4 is 18.1 Å². The first-order valence-corrected chi connectivity index (χ1v) is 5.62. The average molecular weight is 225 g/mol. The zero-order valence-electron chi connectivity index (χ0n) is 8.75. The number of hydrogen-bond acceptors (Lipinski definition) is 2. The molecular weight excluding hydrogens is 210 g/mol. The molecule has 1 aliphatic carbocycles. The van der Waals surface area contributed by atoms with E-state index in [1.165, 1.54) is 0 Å². The van der Waals surface area contributed by atoms with Gasteiger partial charge in [0.25, 0.3) is 0 Å². The molecule has 0 radical (unpaired) electrons.